The Morgan fingerprint density at radius 1 is 0.962 bits per heavy atom. The van der Waals surface area contributed by atoms with Gasteiger partial charge < -0.3 is 0 Å². The van der Waals surface area contributed by atoms with Gasteiger partial charge in [-0.3, -0.25) is 0 Å². The predicted octanol–water partition coefficient (Wildman–Crippen LogP) is 6.02. The maximum atomic E-state index is 5.51. The van der Waals surface area contributed by atoms with Crippen LogP contribution in [-0.2, 0) is 12.8 Å². The molecular weight excluding hydrogens is 312 g/mol. The number of fused-ring (bicyclic) bond motifs is 1. The third kappa shape index (κ3) is 3.25. The Morgan fingerprint density at radius 3 is 2.62 bits per heavy atom. The second-order valence-corrected chi connectivity index (χ2v) is 6.75. The fourth-order valence-electron chi connectivity index (χ4n) is 3.51. The summed E-state index contributed by atoms with van der Waals surface area (Å²) in [5, 5.41) is 0. The van der Waals surface area contributed by atoms with E-state index in [0.717, 1.165) is 29.5 Å². The largest absolute Gasteiger partial charge is 0.115 e. The van der Waals surface area contributed by atoms with Crippen LogP contribution in [0.15, 0.2) is 79.4 Å². The molecular formula is C26H20. The average Bonchev–Trinajstić information content (AvgIpc) is 3.12. The molecule has 1 aliphatic carbocycles. The Hall–Kier alpha value is -3.30. The predicted molar refractivity (Wildman–Crippen MR) is 112 cm³/mol. The fourth-order valence-corrected chi connectivity index (χ4v) is 3.51. The monoisotopic (exact) mass is 332 g/mol. The van der Waals surface area contributed by atoms with Gasteiger partial charge in [0.05, 0.1) is 0 Å². The Labute approximate surface area is 155 Å². The summed E-state index contributed by atoms with van der Waals surface area (Å²) in [5.41, 5.74) is 9.80. The quantitative estimate of drug-likeness (QED) is 0.512. The maximum Gasteiger partial charge on any atom is 0.0248 e. The van der Waals surface area contributed by atoms with Gasteiger partial charge in [-0.05, 0) is 63.9 Å². The van der Waals surface area contributed by atoms with Gasteiger partial charge in [-0.1, -0.05) is 79.2 Å². The highest BCUT2D eigenvalue weighted by molar-refractivity contribution is 5.88. The van der Waals surface area contributed by atoms with Crippen LogP contribution in [-0.4, -0.2) is 0 Å². The first-order valence-corrected chi connectivity index (χ1v) is 8.85. The van der Waals surface area contributed by atoms with E-state index in [1.807, 2.05) is 18.2 Å². The highest BCUT2D eigenvalue weighted by atomic mass is 14.2. The molecule has 26 heavy (non-hydrogen) atoms. The zero-order chi connectivity index (χ0) is 17.9. The van der Waals surface area contributed by atoms with E-state index < -0.39 is 0 Å². The van der Waals surface area contributed by atoms with Crippen LogP contribution in [0.25, 0.3) is 17.2 Å². The van der Waals surface area contributed by atoms with E-state index in [9.17, 15) is 0 Å². The molecule has 0 radical (unpaired) electrons. The third-order valence-electron chi connectivity index (χ3n) is 4.92. The number of benzene rings is 3. The van der Waals surface area contributed by atoms with E-state index in [0.29, 0.717) is 0 Å². The molecule has 0 nitrogen and oxygen atoms in total. The van der Waals surface area contributed by atoms with Crippen molar-refractivity contribution in [3.63, 3.8) is 0 Å². The van der Waals surface area contributed by atoms with Crippen molar-refractivity contribution in [3.05, 3.63) is 113 Å². The normalized spacial score (nSPS) is 12.2. The SMILES string of the molecule is C#Cc1cccc(C(=C)Cc2ccc3c(c2)C=C(c2ccccc2)C3)c1. The Bertz CT molecular complexity index is 1040. The van der Waals surface area contributed by atoms with Gasteiger partial charge in [0, 0.05) is 5.56 Å². The van der Waals surface area contributed by atoms with Crippen LogP contribution in [0.5, 0.6) is 0 Å². The highest BCUT2D eigenvalue weighted by Crippen LogP contribution is 2.32. The topological polar surface area (TPSA) is 0 Å². The first-order chi connectivity index (χ1) is 12.7. The molecule has 0 amide bonds. The van der Waals surface area contributed by atoms with E-state index in [1.54, 1.807) is 0 Å². The summed E-state index contributed by atoms with van der Waals surface area (Å²) in [5.74, 6) is 2.69. The molecule has 0 atom stereocenters. The van der Waals surface area contributed by atoms with Crippen LogP contribution >= 0.6 is 0 Å². The van der Waals surface area contributed by atoms with Crippen molar-refractivity contribution >= 4 is 17.2 Å². The van der Waals surface area contributed by atoms with Crippen molar-refractivity contribution in [1.82, 2.24) is 0 Å². The minimum atomic E-state index is 0.829. The molecule has 0 saturated heterocycles. The van der Waals surface area contributed by atoms with Crippen molar-refractivity contribution in [2.45, 2.75) is 12.8 Å². The molecule has 0 aromatic heterocycles. The summed E-state index contributed by atoms with van der Waals surface area (Å²) in [7, 11) is 0. The lowest BCUT2D eigenvalue weighted by Gasteiger charge is -2.09. The Kier molecular flexibility index (Phi) is 4.30. The van der Waals surface area contributed by atoms with Crippen LogP contribution in [0.4, 0.5) is 0 Å². The zero-order valence-electron chi connectivity index (χ0n) is 14.7. The lowest BCUT2D eigenvalue weighted by Crippen LogP contribution is -1.92. The van der Waals surface area contributed by atoms with Crippen LogP contribution < -0.4 is 0 Å². The molecule has 0 N–H and O–H groups in total. The van der Waals surface area contributed by atoms with Crippen LogP contribution in [0.2, 0.25) is 0 Å². The molecule has 1 aliphatic rings. The fraction of sp³-hybridized carbons (Fsp3) is 0.0769. The second kappa shape index (κ2) is 6.90. The van der Waals surface area contributed by atoms with Gasteiger partial charge in [-0.2, -0.15) is 0 Å². The Balaban J connectivity index is 1.56. The van der Waals surface area contributed by atoms with Gasteiger partial charge in [0.2, 0.25) is 0 Å². The van der Waals surface area contributed by atoms with Crippen molar-refractivity contribution < 1.29 is 0 Å². The number of terminal acetylenes is 1. The molecule has 124 valence electrons. The van der Waals surface area contributed by atoms with Gasteiger partial charge >= 0.3 is 0 Å². The van der Waals surface area contributed by atoms with Gasteiger partial charge in [-0.15, -0.1) is 6.42 Å². The van der Waals surface area contributed by atoms with Crippen LogP contribution in [0.3, 0.4) is 0 Å². The molecule has 0 spiro atoms. The molecule has 3 aromatic rings. The summed E-state index contributed by atoms with van der Waals surface area (Å²) in [6.45, 7) is 4.27. The smallest absolute Gasteiger partial charge is 0.0248 e. The standard InChI is InChI=1S/C26H20/c1-3-20-8-7-11-23(15-20)19(2)14-21-12-13-24-17-26(18-25(24)16-21)22-9-5-4-6-10-22/h1,4-13,15-16,18H,2,14,17H2. The first kappa shape index (κ1) is 16.2. The summed E-state index contributed by atoms with van der Waals surface area (Å²) >= 11 is 0. The van der Waals surface area contributed by atoms with Gasteiger partial charge in [-0.25, -0.2) is 0 Å². The molecule has 0 fully saturated rings. The molecule has 0 heteroatoms. The molecule has 0 heterocycles. The molecule has 4 rings (SSSR count). The summed E-state index contributed by atoms with van der Waals surface area (Å²) < 4.78 is 0. The minimum absolute atomic E-state index is 0.829. The molecule has 0 bridgehead atoms. The third-order valence-corrected chi connectivity index (χ3v) is 4.92. The maximum absolute atomic E-state index is 5.51. The second-order valence-electron chi connectivity index (χ2n) is 6.75. The minimum Gasteiger partial charge on any atom is -0.115 e. The molecule has 0 aliphatic heterocycles. The van der Waals surface area contributed by atoms with Crippen LogP contribution in [0.1, 0.15) is 33.4 Å². The van der Waals surface area contributed by atoms with Gasteiger partial charge in [0.15, 0.2) is 0 Å². The zero-order valence-corrected chi connectivity index (χ0v) is 14.7. The summed E-state index contributed by atoms with van der Waals surface area (Å²) in [4.78, 5) is 0. The van der Waals surface area contributed by atoms with E-state index >= 15 is 0 Å². The number of hydrogen-bond donors (Lipinski definition) is 0. The van der Waals surface area contributed by atoms with Crippen molar-refractivity contribution in [1.29, 1.82) is 0 Å². The van der Waals surface area contributed by atoms with Crippen LogP contribution in [0, 0.1) is 12.3 Å². The first-order valence-electron chi connectivity index (χ1n) is 8.85. The van der Waals surface area contributed by atoms with Gasteiger partial charge in [0.1, 0.15) is 0 Å². The molecule has 3 aromatic carbocycles. The van der Waals surface area contributed by atoms with Crippen molar-refractivity contribution in [2.24, 2.45) is 0 Å². The molecule has 0 saturated carbocycles. The van der Waals surface area contributed by atoms with E-state index in [4.69, 9.17) is 6.42 Å². The lowest BCUT2D eigenvalue weighted by molar-refractivity contribution is 1.24. The van der Waals surface area contributed by atoms with E-state index in [-0.39, 0.29) is 0 Å². The molecule has 0 unspecified atom stereocenters. The Morgan fingerprint density at radius 2 is 1.81 bits per heavy atom. The van der Waals surface area contributed by atoms with Gasteiger partial charge in [0.25, 0.3) is 0 Å². The van der Waals surface area contributed by atoms with E-state index in [1.165, 1.54) is 27.8 Å². The average molecular weight is 332 g/mol. The summed E-state index contributed by atoms with van der Waals surface area (Å²) in [6, 6.07) is 25.4. The number of rotatable bonds is 4. The van der Waals surface area contributed by atoms with Crippen molar-refractivity contribution in [3.8, 4) is 12.3 Å². The number of hydrogen-bond acceptors (Lipinski definition) is 0. The lowest BCUT2D eigenvalue weighted by atomic mass is 9.96. The highest BCUT2D eigenvalue weighted by Gasteiger charge is 2.14. The van der Waals surface area contributed by atoms with Crippen molar-refractivity contribution in [2.75, 3.05) is 0 Å². The number of allylic oxidation sites excluding steroid dienone is 2. The summed E-state index contributed by atoms with van der Waals surface area (Å²) in [6.07, 6.45) is 9.66. The van der Waals surface area contributed by atoms with E-state index in [2.05, 4.69) is 73.2 Å².